The number of amides is 2. The number of rotatable bonds is 4. The summed E-state index contributed by atoms with van der Waals surface area (Å²) in [5, 5.41) is 13.1. The van der Waals surface area contributed by atoms with Crippen LogP contribution in [0.15, 0.2) is 36.5 Å². The van der Waals surface area contributed by atoms with E-state index < -0.39 is 16.8 Å². The number of morpholine rings is 1. The molecule has 0 atom stereocenters. The predicted octanol–water partition coefficient (Wildman–Crippen LogP) is 2.79. The Morgan fingerprint density at radius 2 is 2.00 bits per heavy atom. The fraction of sp³-hybridized carbons (Fsp3) is 0.250. The van der Waals surface area contributed by atoms with E-state index in [1.807, 2.05) is 0 Å². The van der Waals surface area contributed by atoms with Crippen molar-refractivity contribution in [2.75, 3.05) is 31.6 Å². The summed E-state index contributed by atoms with van der Waals surface area (Å²) in [6.07, 6.45) is 1.17. The fourth-order valence-corrected chi connectivity index (χ4v) is 2.30. The van der Waals surface area contributed by atoms with Gasteiger partial charge in [-0.3, -0.25) is 0 Å². The molecule has 1 aromatic heterocycles. The summed E-state index contributed by atoms with van der Waals surface area (Å²) < 4.78 is 24.8. The molecule has 0 radical (unpaired) electrons. The van der Waals surface area contributed by atoms with Gasteiger partial charge in [-0.2, -0.15) is 0 Å². The number of nitrogens with one attached hydrogen (secondary N) is 1. The molecule has 2 heterocycles. The SMILES string of the molecule is O=C(Nc1ccc(Oc2ccc([N+](=O)[O-])nc2)cc1F)N1CCOCC1. The number of urea groups is 1. The van der Waals surface area contributed by atoms with Crippen molar-refractivity contribution >= 4 is 17.5 Å². The van der Waals surface area contributed by atoms with Crippen molar-refractivity contribution < 1.29 is 23.6 Å². The molecule has 0 unspecified atom stereocenters. The molecule has 0 spiro atoms. The van der Waals surface area contributed by atoms with E-state index in [1.54, 1.807) is 0 Å². The summed E-state index contributed by atoms with van der Waals surface area (Å²) in [7, 11) is 0. The Labute approximate surface area is 147 Å². The summed E-state index contributed by atoms with van der Waals surface area (Å²) in [5.41, 5.74) is 0.0238. The van der Waals surface area contributed by atoms with Crippen molar-refractivity contribution in [2.24, 2.45) is 0 Å². The van der Waals surface area contributed by atoms with Gasteiger partial charge in [-0.05, 0) is 28.1 Å². The number of nitrogens with zero attached hydrogens (tertiary/aromatic N) is 3. The van der Waals surface area contributed by atoms with Gasteiger partial charge in [0.15, 0.2) is 11.9 Å². The summed E-state index contributed by atoms with van der Waals surface area (Å²) in [4.78, 5) is 27.2. The molecular formula is C16H15FN4O5. The molecule has 0 bridgehead atoms. The van der Waals surface area contributed by atoms with E-state index in [2.05, 4.69) is 10.3 Å². The van der Waals surface area contributed by atoms with E-state index in [9.17, 15) is 19.3 Å². The number of aromatic nitrogens is 1. The number of carbonyl (C=O) groups is 1. The number of nitro groups is 1. The number of hydrogen-bond acceptors (Lipinski definition) is 6. The number of carbonyl (C=O) groups excluding carboxylic acids is 1. The van der Waals surface area contributed by atoms with Crippen molar-refractivity contribution in [3.05, 3.63) is 52.5 Å². The third kappa shape index (κ3) is 4.22. The number of pyridine rings is 1. The van der Waals surface area contributed by atoms with Gasteiger partial charge < -0.3 is 29.8 Å². The molecule has 0 aliphatic carbocycles. The lowest BCUT2D eigenvalue weighted by Crippen LogP contribution is -2.43. The number of benzene rings is 1. The first kappa shape index (κ1) is 17.5. The van der Waals surface area contributed by atoms with E-state index in [0.717, 1.165) is 6.07 Å². The highest BCUT2D eigenvalue weighted by molar-refractivity contribution is 5.89. The van der Waals surface area contributed by atoms with Crippen LogP contribution in [0.3, 0.4) is 0 Å². The molecule has 10 heteroatoms. The van der Waals surface area contributed by atoms with Crippen molar-refractivity contribution in [3.8, 4) is 11.5 Å². The summed E-state index contributed by atoms with van der Waals surface area (Å²) >= 11 is 0. The third-order valence-electron chi connectivity index (χ3n) is 3.62. The Bertz CT molecular complexity index is 809. The molecule has 1 aromatic carbocycles. The largest absolute Gasteiger partial charge is 0.453 e. The number of anilines is 1. The molecule has 0 saturated carbocycles. The van der Waals surface area contributed by atoms with Crippen LogP contribution in [0.25, 0.3) is 0 Å². The number of halogens is 1. The van der Waals surface area contributed by atoms with Gasteiger partial charge in [0, 0.05) is 25.2 Å². The van der Waals surface area contributed by atoms with Crippen LogP contribution in [0.4, 0.5) is 20.7 Å². The van der Waals surface area contributed by atoms with Gasteiger partial charge in [-0.1, -0.05) is 0 Å². The van der Waals surface area contributed by atoms with E-state index in [1.165, 1.54) is 35.4 Å². The maximum atomic E-state index is 14.2. The molecule has 1 aliphatic rings. The second-order valence-corrected chi connectivity index (χ2v) is 5.38. The lowest BCUT2D eigenvalue weighted by Gasteiger charge is -2.27. The van der Waals surface area contributed by atoms with Crippen LogP contribution in [0.1, 0.15) is 0 Å². The molecule has 3 rings (SSSR count). The second kappa shape index (κ2) is 7.74. The first-order valence-electron chi connectivity index (χ1n) is 7.74. The molecule has 26 heavy (non-hydrogen) atoms. The first-order chi connectivity index (χ1) is 12.5. The fourth-order valence-electron chi connectivity index (χ4n) is 2.30. The average molecular weight is 362 g/mol. The van der Waals surface area contributed by atoms with Gasteiger partial charge in [0.05, 0.1) is 18.9 Å². The maximum Gasteiger partial charge on any atom is 0.363 e. The second-order valence-electron chi connectivity index (χ2n) is 5.38. The van der Waals surface area contributed by atoms with Crippen LogP contribution in [0, 0.1) is 15.9 Å². The lowest BCUT2D eigenvalue weighted by atomic mass is 10.3. The van der Waals surface area contributed by atoms with Crippen molar-refractivity contribution in [1.29, 1.82) is 0 Å². The quantitative estimate of drug-likeness (QED) is 0.662. The molecule has 1 N–H and O–H groups in total. The zero-order valence-electron chi connectivity index (χ0n) is 13.6. The van der Waals surface area contributed by atoms with Gasteiger partial charge in [-0.25, -0.2) is 9.18 Å². The first-order valence-corrected chi connectivity index (χ1v) is 7.74. The Morgan fingerprint density at radius 3 is 2.62 bits per heavy atom. The molecule has 9 nitrogen and oxygen atoms in total. The Balaban J connectivity index is 1.65. The lowest BCUT2D eigenvalue weighted by molar-refractivity contribution is -0.389. The summed E-state index contributed by atoms with van der Waals surface area (Å²) in [6, 6.07) is 6.10. The van der Waals surface area contributed by atoms with E-state index in [0.29, 0.717) is 26.3 Å². The minimum atomic E-state index is -0.668. The highest BCUT2D eigenvalue weighted by atomic mass is 19.1. The minimum absolute atomic E-state index is 0.0238. The summed E-state index contributed by atoms with van der Waals surface area (Å²) in [6.45, 7) is 1.79. The molecule has 136 valence electrons. The predicted molar refractivity (Wildman–Crippen MR) is 88.8 cm³/mol. The molecule has 1 fully saturated rings. The van der Waals surface area contributed by atoms with Crippen LogP contribution in [0.5, 0.6) is 11.5 Å². The standard InChI is InChI=1S/C16H15FN4O5/c17-13-9-11(26-12-2-4-15(18-10-12)21(23)24)1-3-14(13)19-16(22)20-5-7-25-8-6-20/h1-4,9-10H,5-8H2,(H,19,22). The van der Waals surface area contributed by atoms with E-state index in [-0.39, 0.29) is 23.0 Å². The average Bonchev–Trinajstić information content (AvgIpc) is 2.65. The molecule has 2 amide bonds. The number of ether oxygens (including phenoxy) is 2. The maximum absolute atomic E-state index is 14.2. The van der Waals surface area contributed by atoms with Gasteiger partial charge in [0.2, 0.25) is 0 Å². The highest BCUT2D eigenvalue weighted by Gasteiger charge is 2.18. The Kier molecular flexibility index (Phi) is 5.23. The van der Waals surface area contributed by atoms with Gasteiger partial charge in [0.1, 0.15) is 11.6 Å². The molecular weight excluding hydrogens is 347 g/mol. The minimum Gasteiger partial charge on any atom is -0.453 e. The molecule has 2 aromatic rings. The van der Waals surface area contributed by atoms with Crippen LogP contribution < -0.4 is 10.1 Å². The zero-order chi connectivity index (χ0) is 18.5. The van der Waals surface area contributed by atoms with E-state index >= 15 is 0 Å². The Morgan fingerprint density at radius 1 is 1.27 bits per heavy atom. The molecule has 1 saturated heterocycles. The smallest absolute Gasteiger partial charge is 0.363 e. The van der Waals surface area contributed by atoms with Crippen LogP contribution in [-0.4, -0.2) is 47.1 Å². The third-order valence-corrected chi connectivity index (χ3v) is 3.62. The normalized spacial score (nSPS) is 14.0. The summed E-state index contributed by atoms with van der Waals surface area (Å²) in [5.74, 6) is -0.591. The van der Waals surface area contributed by atoms with Crippen LogP contribution in [-0.2, 0) is 4.74 Å². The monoisotopic (exact) mass is 362 g/mol. The van der Waals surface area contributed by atoms with Crippen molar-refractivity contribution in [1.82, 2.24) is 9.88 Å². The topological polar surface area (TPSA) is 107 Å². The van der Waals surface area contributed by atoms with Crippen molar-refractivity contribution in [2.45, 2.75) is 0 Å². The van der Waals surface area contributed by atoms with E-state index in [4.69, 9.17) is 9.47 Å². The molecule has 1 aliphatic heterocycles. The Hall–Kier alpha value is -3.27. The van der Waals surface area contributed by atoms with Gasteiger partial charge in [-0.15, -0.1) is 0 Å². The highest BCUT2D eigenvalue weighted by Crippen LogP contribution is 2.26. The van der Waals surface area contributed by atoms with Gasteiger partial charge in [0.25, 0.3) is 0 Å². The van der Waals surface area contributed by atoms with Gasteiger partial charge >= 0.3 is 11.8 Å². The zero-order valence-corrected chi connectivity index (χ0v) is 13.6. The number of hydrogen-bond donors (Lipinski definition) is 1. The van der Waals surface area contributed by atoms with Crippen LogP contribution in [0.2, 0.25) is 0 Å². The van der Waals surface area contributed by atoms with Crippen molar-refractivity contribution in [3.63, 3.8) is 0 Å². The van der Waals surface area contributed by atoms with Crippen LogP contribution >= 0.6 is 0 Å².